The summed E-state index contributed by atoms with van der Waals surface area (Å²) >= 11 is 1.85. The fraction of sp³-hybridized carbons (Fsp3) is 0.538. The molecule has 0 aliphatic carbocycles. The Hall–Kier alpha value is -0.870. The fourth-order valence-corrected chi connectivity index (χ4v) is 2.39. The summed E-state index contributed by atoms with van der Waals surface area (Å²) in [6, 6.07) is 6.03. The summed E-state index contributed by atoms with van der Waals surface area (Å²) in [7, 11) is 1.55. The van der Waals surface area contributed by atoms with E-state index in [1.807, 2.05) is 17.8 Å². The van der Waals surface area contributed by atoms with Crippen molar-refractivity contribution >= 4 is 11.8 Å². The summed E-state index contributed by atoms with van der Waals surface area (Å²) in [6.45, 7) is 2.95. The average Bonchev–Trinajstić information content (AvgIpc) is 2.34. The molecule has 1 atom stereocenters. The number of hydrogen-bond donors (Lipinski definition) is 2. The highest BCUT2D eigenvalue weighted by Gasteiger charge is 2.06. The first-order chi connectivity index (χ1) is 8.21. The molecule has 0 saturated carbocycles. The van der Waals surface area contributed by atoms with Crippen molar-refractivity contribution in [1.82, 2.24) is 5.32 Å². The Kier molecular flexibility index (Phi) is 6.22. The van der Waals surface area contributed by atoms with Gasteiger partial charge in [0.1, 0.15) is 0 Å². The zero-order valence-corrected chi connectivity index (χ0v) is 11.5. The number of phenolic OH excluding ortho intramolecular Hbond substituents is 1. The van der Waals surface area contributed by atoms with Crippen molar-refractivity contribution in [2.24, 2.45) is 0 Å². The van der Waals surface area contributed by atoms with E-state index in [2.05, 4.69) is 18.5 Å². The molecule has 3 nitrogen and oxygen atoms in total. The van der Waals surface area contributed by atoms with E-state index in [1.54, 1.807) is 19.2 Å². The van der Waals surface area contributed by atoms with Gasteiger partial charge in [0.05, 0.1) is 7.11 Å². The van der Waals surface area contributed by atoms with Crippen LogP contribution in [0.15, 0.2) is 18.2 Å². The zero-order chi connectivity index (χ0) is 12.7. The second kappa shape index (κ2) is 7.45. The SMILES string of the molecule is CCC(CSC)NCc1ccc(OC)c(O)c1. The lowest BCUT2D eigenvalue weighted by Crippen LogP contribution is -2.30. The molecule has 0 fully saturated rings. The number of phenols is 1. The molecule has 1 unspecified atom stereocenters. The van der Waals surface area contributed by atoms with E-state index in [-0.39, 0.29) is 5.75 Å². The minimum atomic E-state index is 0.199. The summed E-state index contributed by atoms with van der Waals surface area (Å²) in [4.78, 5) is 0. The van der Waals surface area contributed by atoms with Crippen molar-refractivity contribution < 1.29 is 9.84 Å². The molecule has 17 heavy (non-hydrogen) atoms. The lowest BCUT2D eigenvalue weighted by molar-refractivity contribution is 0.373. The average molecular weight is 255 g/mol. The first kappa shape index (κ1) is 14.2. The maximum Gasteiger partial charge on any atom is 0.160 e. The van der Waals surface area contributed by atoms with Gasteiger partial charge in [0.25, 0.3) is 0 Å². The highest BCUT2D eigenvalue weighted by atomic mass is 32.2. The number of hydrogen-bond acceptors (Lipinski definition) is 4. The zero-order valence-electron chi connectivity index (χ0n) is 10.7. The van der Waals surface area contributed by atoms with Crippen LogP contribution in [0.1, 0.15) is 18.9 Å². The van der Waals surface area contributed by atoms with Crippen LogP contribution in [0, 0.1) is 0 Å². The van der Waals surface area contributed by atoms with Crippen molar-refractivity contribution in [3.8, 4) is 11.5 Å². The quantitative estimate of drug-likeness (QED) is 0.786. The van der Waals surface area contributed by atoms with Gasteiger partial charge in [-0.05, 0) is 30.4 Å². The summed E-state index contributed by atoms with van der Waals surface area (Å²) in [5.41, 5.74) is 1.07. The maximum absolute atomic E-state index is 9.66. The fourth-order valence-electron chi connectivity index (χ4n) is 1.63. The number of rotatable bonds is 7. The van der Waals surface area contributed by atoms with Crippen LogP contribution in [0.4, 0.5) is 0 Å². The Morgan fingerprint density at radius 1 is 1.47 bits per heavy atom. The van der Waals surface area contributed by atoms with Crippen LogP contribution >= 0.6 is 11.8 Å². The Morgan fingerprint density at radius 2 is 2.24 bits per heavy atom. The van der Waals surface area contributed by atoms with Crippen molar-refractivity contribution in [1.29, 1.82) is 0 Å². The van der Waals surface area contributed by atoms with E-state index in [1.165, 1.54) is 0 Å². The third kappa shape index (κ3) is 4.48. The first-order valence-corrected chi connectivity index (χ1v) is 7.18. The summed E-state index contributed by atoms with van der Waals surface area (Å²) < 4.78 is 5.01. The summed E-state index contributed by atoms with van der Waals surface area (Å²) in [5.74, 6) is 1.83. The van der Waals surface area contributed by atoms with Crippen molar-refractivity contribution in [3.05, 3.63) is 23.8 Å². The molecule has 0 radical (unpaired) electrons. The molecule has 0 aliphatic rings. The van der Waals surface area contributed by atoms with E-state index in [0.717, 1.165) is 24.3 Å². The molecule has 1 rings (SSSR count). The van der Waals surface area contributed by atoms with Gasteiger partial charge in [0.15, 0.2) is 11.5 Å². The van der Waals surface area contributed by atoms with Gasteiger partial charge in [-0.1, -0.05) is 13.0 Å². The minimum absolute atomic E-state index is 0.199. The lowest BCUT2D eigenvalue weighted by Gasteiger charge is -2.16. The lowest BCUT2D eigenvalue weighted by atomic mass is 10.2. The van der Waals surface area contributed by atoms with E-state index in [0.29, 0.717) is 11.8 Å². The Labute approximate surface area is 108 Å². The standard InChI is InChI=1S/C13H21NO2S/c1-4-11(9-17-3)14-8-10-5-6-13(16-2)12(15)7-10/h5-7,11,14-15H,4,8-9H2,1-3H3. The Bertz CT molecular complexity index is 344. The molecule has 0 heterocycles. The maximum atomic E-state index is 9.66. The number of ether oxygens (including phenoxy) is 1. The molecular weight excluding hydrogens is 234 g/mol. The summed E-state index contributed by atoms with van der Waals surface area (Å²) in [6.07, 6.45) is 3.23. The second-order valence-electron chi connectivity index (χ2n) is 3.95. The third-order valence-corrected chi connectivity index (χ3v) is 3.43. The molecule has 4 heteroatoms. The molecule has 96 valence electrons. The van der Waals surface area contributed by atoms with Gasteiger partial charge in [-0.3, -0.25) is 0 Å². The van der Waals surface area contributed by atoms with Gasteiger partial charge in [0, 0.05) is 18.3 Å². The predicted molar refractivity (Wildman–Crippen MR) is 74.0 cm³/mol. The normalized spacial score (nSPS) is 12.4. The van der Waals surface area contributed by atoms with E-state index in [4.69, 9.17) is 4.74 Å². The largest absolute Gasteiger partial charge is 0.504 e. The highest BCUT2D eigenvalue weighted by Crippen LogP contribution is 2.26. The van der Waals surface area contributed by atoms with Crippen molar-refractivity contribution in [2.75, 3.05) is 19.1 Å². The third-order valence-electron chi connectivity index (χ3n) is 2.70. The number of thioether (sulfide) groups is 1. The van der Waals surface area contributed by atoms with Crippen LogP contribution in [0.25, 0.3) is 0 Å². The Balaban J connectivity index is 2.54. The molecule has 1 aromatic rings. The molecule has 0 amide bonds. The van der Waals surface area contributed by atoms with Gasteiger partial charge < -0.3 is 15.2 Å². The first-order valence-electron chi connectivity index (χ1n) is 5.79. The predicted octanol–water partition coefficient (Wildman–Crippen LogP) is 2.63. The molecule has 0 aromatic heterocycles. The highest BCUT2D eigenvalue weighted by molar-refractivity contribution is 7.98. The van der Waals surface area contributed by atoms with E-state index in [9.17, 15) is 5.11 Å². The van der Waals surface area contributed by atoms with Crippen molar-refractivity contribution in [3.63, 3.8) is 0 Å². The smallest absolute Gasteiger partial charge is 0.160 e. The summed E-state index contributed by atoms with van der Waals surface area (Å²) in [5, 5.41) is 13.1. The molecule has 1 aromatic carbocycles. The molecule has 0 spiro atoms. The van der Waals surface area contributed by atoms with E-state index < -0.39 is 0 Å². The van der Waals surface area contributed by atoms with Gasteiger partial charge in [-0.25, -0.2) is 0 Å². The second-order valence-corrected chi connectivity index (χ2v) is 4.86. The van der Waals surface area contributed by atoms with Gasteiger partial charge in [-0.2, -0.15) is 11.8 Å². The topological polar surface area (TPSA) is 41.5 Å². The van der Waals surface area contributed by atoms with E-state index >= 15 is 0 Å². The number of benzene rings is 1. The van der Waals surface area contributed by atoms with Crippen LogP contribution in [0.3, 0.4) is 0 Å². The van der Waals surface area contributed by atoms with Crippen LogP contribution in [-0.4, -0.2) is 30.3 Å². The van der Waals surface area contributed by atoms with Gasteiger partial charge >= 0.3 is 0 Å². The van der Waals surface area contributed by atoms with Crippen LogP contribution in [0.5, 0.6) is 11.5 Å². The molecular formula is C13H21NO2S. The van der Waals surface area contributed by atoms with Gasteiger partial charge in [0.2, 0.25) is 0 Å². The minimum Gasteiger partial charge on any atom is -0.504 e. The van der Waals surface area contributed by atoms with Crippen LogP contribution in [-0.2, 0) is 6.54 Å². The number of nitrogens with one attached hydrogen (secondary N) is 1. The molecule has 0 saturated heterocycles. The van der Waals surface area contributed by atoms with Crippen molar-refractivity contribution in [2.45, 2.75) is 25.9 Å². The van der Waals surface area contributed by atoms with Crippen LogP contribution < -0.4 is 10.1 Å². The number of aromatic hydroxyl groups is 1. The molecule has 0 aliphatic heterocycles. The molecule has 2 N–H and O–H groups in total. The number of methoxy groups -OCH3 is 1. The monoisotopic (exact) mass is 255 g/mol. The van der Waals surface area contributed by atoms with Crippen LogP contribution in [0.2, 0.25) is 0 Å². The van der Waals surface area contributed by atoms with Gasteiger partial charge in [-0.15, -0.1) is 0 Å². The Morgan fingerprint density at radius 3 is 2.76 bits per heavy atom. The molecule has 0 bridgehead atoms.